The first-order valence-electron chi connectivity index (χ1n) is 9.43. The molecule has 0 spiro atoms. The normalized spacial score (nSPS) is 25.0. The van der Waals surface area contributed by atoms with Gasteiger partial charge in [-0.25, -0.2) is 9.97 Å². The van der Waals surface area contributed by atoms with Crippen LogP contribution in [-0.4, -0.2) is 72.6 Å². The second-order valence-corrected chi connectivity index (χ2v) is 7.63. The van der Waals surface area contributed by atoms with Gasteiger partial charge in [-0.3, -0.25) is 9.69 Å². The molecule has 3 fully saturated rings. The number of nitrogens with zero attached hydrogens (tertiary/aromatic N) is 5. The summed E-state index contributed by atoms with van der Waals surface area (Å²) in [7, 11) is 4.03. The Morgan fingerprint density at radius 2 is 1.72 bits per heavy atom. The van der Waals surface area contributed by atoms with Crippen molar-refractivity contribution in [2.45, 2.75) is 50.2 Å². The predicted molar refractivity (Wildman–Crippen MR) is 97.9 cm³/mol. The molecule has 4 rings (SSSR count). The first kappa shape index (κ1) is 16.6. The van der Waals surface area contributed by atoms with Crippen molar-refractivity contribution in [3.8, 4) is 0 Å². The summed E-state index contributed by atoms with van der Waals surface area (Å²) in [5, 5.41) is 2.96. The van der Waals surface area contributed by atoms with E-state index in [1.807, 2.05) is 19.0 Å². The number of carbonyl (C=O) groups is 1. The van der Waals surface area contributed by atoms with E-state index in [1.54, 1.807) is 6.33 Å². The van der Waals surface area contributed by atoms with Crippen LogP contribution in [0.2, 0.25) is 0 Å². The number of nitrogens with one attached hydrogen (secondary N) is 1. The molecule has 7 nitrogen and oxygen atoms in total. The van der Waals surface area contributed by atoms with E-state index in [2.05, 4.69) is 31.2 Å². The molecule has 2 aliphatic heterocycles. The van der Waals surface area contributed by atoms with Gasteiger partial charge in [0.2, 0.25) is 5.91 Å². The molecule has 1 N–H and O–H groups in total. The molecule has 7 heteroatoms. The number of likely N-dealkylation sites (tertiary alicyclic amines) is 1. The number of hydrogen-bond donors (Lipinski definition) is 1. The first-order chi connectivity index (χ1) is 12.1. The largest absolute Gasteiger partial charge is 0.363 e. The molecule has 1 atom stereocenters. The summed E-state index contributed by atoms with van der Waals surface area (Å²) < 4.78 is 0. The van der Waals surface area contributed by atoms with Gasteiger partial charge in [-0.1, -0.05) is 0 Å². The quantitative estimate of drug-likeness (QED) is 0.855. The Bertz CT molecular complexity index is 624. The van der Waals surface area contributed by atoms with Crippen molar-refractivity contribution in [1.29, 1.82) is 0 Å². The molecule has 1 aromatic heterocycles. The van der Waals surface area contributed by atoms with Crippen molar-refractivity contribution in [3.63, 3.8) is 0 Å². The van der Waals surface area contributed by atoms with E-state index in [9.17, 15) is 4.79 Å². The summed E-state index contributed by atoms with van der Waals surface area (Å²) in [5.41, 5.74) is 0. The first-order valence-corrected chi connectivity index (χ1v) is 9.43. The minimum absolute atomic E-state index is 0.0923. The summed E-state index contributed by atoms with van der Waals surface area (Å²) >= 11 is 0. The zero-order valence-corrected chi connectivity index (χ0v) is 15.2. The van der Waals surface area contributed by atoms with Crippen LogP contribution in [0.15, 0.2) is 12.4 Å². The summed E-state index contributed by atoms with van der Waals surface area (Å²) in [5.74, 6) is 2.22. The van der Waals surface area contributed by atoms with Crippen LogP contribution < -0.4 is 15.1 Å². The van der Waals surface area contributed by atoms with Crippen LogP contribution in [0.3, 0.4) is 0 Å². The molecule has 25 heavy (non-hydrogen) atoms. The van der Waals surface area contributed by atoms with Gasteiger partial charge in [-0.2, -0.15) is 0 Å². The number of carbonyl (C=O) groups excluding carboxylic acids is 1. The van der Waals surface area contributed by atoms with E-state index in [4.69, 9.17) is 0 Å². The van der Waals surface area contributed by atoms with E-state index >= 15 is 0 Å². The average molecular weight is 344 g/mol. The van der Waals surface area contributed by atoms with Crippen LogP contribution in [-0.2, 0) is 4.79 Å². The van der Waals surface area contributed by atoms with Gasteiger partial charge >= 0.3 is 0 Å². The Morgan fingerprint density at radius 1 is 1.04 bits per heavy atom. The second kappa shape index (κ2) is 6.78. The third-order valence-electron chi connectivity index (χ3n) is 5.65. The fourth-order valence-corrected chi connectivity index (χ4v) is 4.15. The summed E-state index contributed by atoms with van der Waals surface area (Å²) in [6, 6.07) is 3.33. The lowest BCUT2D eigenvalue weighted by Gasteiger charge is -2.40. The molecule has 0 radical (unpaired) electrons. The Hall–Kier alpha value is -1.89. The Balaban J connectivity index is 1.46. The Kier molecular flexibility index (Phi) is 4.50. The minimum atomic E-state index is 0.0923. The summed E-state index contributed by atoms with van der Waals surface area (Å²) in [4.78, 5) is 27.8. The van der Waals surface area contributed by atoms with Gasteiger partial charge in [0, 0.05) is 51.9 Å². The lowest BCUT2D eigenvalue weighted by atomic mass is 10.0. The molecule has 0 bridgehead atoms. The molecule has 0 aromatic carbocycles. The van der Waals surface area contributed by atoms with E-state index < -0.39 is 0 Å². The van der Waals surface area contributed by atoms with Crippen molar-refractivity contribution in [3.05, 3.63) is 12.4 Å². The highest BCUT2D eigenvalue weighted by Crippen LogP contribution is 2.36. The van der Waals surface area contributed by atoms with E-state index in [0.29, 0.717) is 12.1 Å². The maximum atomic E-state index is 11.9. The van der Waals surface area contributed by atoms with Crippen molar-refractivity contribution in [1.82, 2.24) is 20.2 Å². The van der Waals surface area contributed by atoms with Crippen molar-refractivity contribution < 1.29 is 4.79 Å². The molecule has 3 aliphatic rings. The van der Waals surface area contributed by atoms with Gasteiger partial charge in [0.25, 0.3) is 0 Å². The third-order valence-corrected chi connectivity index (χ3v) is 5.65. The SMILES string of the molecule is CN(C)c1cc(N(C2CC2)C2CCN(C3CCNC3=O)CC2)ncn1. The second-order valence-electron chi connectivity index (χ2n) is 7.63. The molecule has 3 heterocycles. The number of amides is 1. The fourth-order valence-electron chi connectivity index (χ4n) is 4.15. The molecule has 1 saturated carbocycles. The molecular weight excluding hydrogens is 316 g/mol. The van der Waals surface area contributed by atoms with Gasteiger partial charge in [0.05, 0.1) is 6.04 Å². The van der Waals surface area contributed by atoms with Crippen molar-refractivity contribution >= 4 is 17.5 Å². The topological polar surface area (TPSA) is 64.6 Å². The van der Waals surface area contributed by atoms with Gasteiger partial charge in [0.1, 0.15) is 18.0 Å². The number of piperidine rings is 1. The highest BCUT2D eigenvalue weighted by Gasteiger charge is 2.39. The van der Waals surface area contributed by atoms with Crippen LogP contribution in [0.25, 0.3) is 0 Å². The van der Waals surface area contributed by atoms with Gasteiger partial charge in [0.15, 0.2) is 0 Å². The summed E-state index contributed by atoms with van der Waals surface area (Å²) in [6.45, 7) is 2.82. The highest BCUT2D eigenvalue weighted by molar-refractivity contribution is 5.83. The molecule has 1 amide bonds. The standard InChI is InChI=1S/C18H28N6O/c1-22(2)16-11-17(21-12-20-16)24(13-3-4-13)14-6-9-23(10-7-14)15-5-8-19-18(15)25/h11-15H,3-10H2,1-2H3,(H,19,25). The van der Waals surface area contributed by atoms with Crippen LogP contribution in [0.5, 0.6) is 0 Å². The zero-order valence-electron chi connectivity index (χ0n) is 15.2. The van der Waals surface area contributed by atoms with E-state index in [0.717, 1.165) is 50.5 Å². The number of hydrogen-bond acceptors (Lipinski definition) is 6. The molecular formula is C18H28N6O. The molecule has 1 aromatic rings. The maximum absolute atomic E-state index is 11.9. The van der Waals surface area contributed by atoms with Gasteiger partial charge in [-0.05, 0) is 32.1 Å². The lowest BCUT2D eigenvalue weighted by molar-refractivity contribution is -0.124. The van der Waals surface area contributed by atoms with E-state index in [1.165, 1.54) is 12.8 Å². The third kappa shape index (κ3) is 3.42. The zero-order chi connectivity index (χ0) is 17.4. The smallest absolute Gasteiger partial charge is 0.237 e. The average Bonchev–Trinajstić information content (AvgIpc) is 3.36. The monoisotopic (exact) mass is 344 g/mol. The van der Waals surface area contributed by atoms with Crippen LogP contribution in [0.1, 0.15) is 32.1 Å². The van der Waals surface area contributed by atoms with Gasteiger partial charge in [-0.15, -0.1) is 0 Å². The number of rotatable bonds is 5. The molecule has 136 valence electrons. The van der Waals surface area contributed by atoms with Gasteiger partial charge < -0.3 is 15.1 Å². The lowest BCUT2D eigenvalue weighted by Crippen LogP contribution is -2.50. The maximum Gasteiger partial charge on any atom is 0.237 e. The molecule has 2 saturated heterocycles. The number of aromatic nitrogens is 2. The molecule has 1 unspecified atom stereocenters. The highest BCUT2D eigenvalue weighted by atomic mass is 16.2. The molecule has 1 aliphatic carbocycles. The summed E-state index contributed by atoms with van der Waals surface area (Å²) in [6.07, 6.45) is 7.34. The Morgan fingerprint density at radius 3 is 2.32 bits per heavy atom. The van der Waals surface area contributed by atoms with Crippen molar-refractivity contribution in [2.24, 2.45) is 0 Å². The van der Waals surface area contributed by atoms with Crippen molar-refractivity contribution in [2.75, 3.05) is 43.5 Å². The minimum Gasteiger partial charge on any atom is -0.363 e. The van der Waals surface area contributed by atoms with Crippen LogP contribution in [0, 0.1) is 0 Å². The van der Waals surface area contributed by atoms with Crippen LogP contribution >= 0.6 is 0 Å². The Labute approximate surface area is 149 Å². The van der Waals surface area contributed by atoms with Crippen LogP contribution in [0.4, 0.5) is 11.6 Å². The number of anilines is 2. The fraction of sp³-hybridized carbons (Fsp3) is 0.722. The predicted octanol–water partition coefficient (Wildman–Crippen LogP) is 0.864. The van der Waals surface area contributed by atoms with E-state index in [-0.39, 0.29) is 11.9 Å².